The predicted molar refractivity (Wildman–Crippen MR) is 33.3 cm³/mol. The van der Waals surface area contributed by atoms with Crippen LogP contribution in [-0.2, 0) is 0 Å². The zero-order chi connectivity index (χ0) is 0. The Labute approximate surface area is 87.3 Å². The van der Waals surface area contributed by atoms with Gasteiger partial charge in [0.2, 0.25) is 0 Å². The Bertz CT molecular complexity index is 14.9. The fourth-order valence-corrected chi connectivity index (χ4v) is 0. The summed E-state index contributed by atoms with van der Waals surface area (Å²) in [6.45, 7) is 0. The second-order valence-electron chi connectivity index (χ2n) is 0. The zero-order valence-electron chi connectivity index (χ0n) is 5.62. The van der Waals surface area contributed by atoms with Gasteiger partial charge in [-0.25, -0.2) is 0 Å². The zero-order valence-corrected chi connectivity index (χ0v) is 7.91. The topological polar surface area (TPSA) is 158 Å². The minimum Gasteiger partial charge on any atom is -1.00 e. The van der Waals surface area contributed by atoms with E-state index in [0.717, 1.165) is 0 Å². The standard InChI is InChI=1S/ClH.5H2O.Sr.2H/h1H;5*1H2;;;/q;;;;;;+2;2*-1. The minimum atomic E-state index is 0. The van der Waals surface area contributed by atoms with Crippen LogP contribution in [0.25, 0.3) is 0 Å². The van der Waals surface area contributed by atoms with Crippen LogP contribution in [0.1, 0.15) is 2.85 Å². The summed E-state index contributed by atoms with van der Waals surface area (Å²) in [5, 5.41) is 0. The van der Waals surface area contributed by atoms with E-state index in [1.54, 1.807) is 0 Å². The van der Waals surface area contributed by atoms with E-state index in [1.165, 1.54) is 0 Å². The van der Waals surface area contributed by atoms with E-state index in [2.05, 4.69) is 0 Å². The van der Waals surface area contributed by atoms with Crippen LogP contribution in [0.4, 0.5) is 0 Å². The molecule has 0 amide bonds. The van der Waals surface area contributed by atoms with E-state index in [4.69, 9.17) is 0 Å². The van der Waals surface area contributed by atoms with Crippen molar-refractivity contribution >= 4 is 57.9 Å². The Morgan fingerprint density at radius 3 is 0.571 bits per heavy atom. The molecule has 7 heteroatoms. The van der Waals surface area contributed by atoms with Gasteiger partial charge in [-0.2, -0.15) is 0 Å². The summed E-state index contributed by atoms with van der Waals surface area (Å²) >= 11 is 0. The van der Waals surface area contributed by atoms with Crippen LogP contribution < -0.4 is 0 Å². The summed E-state index contributed by atoms with van der Waals surface area (Å²) in [6.07, 6.45) is 0. The average molecular weight is 216 g/mol. The van der Waals surface area contributed by atoms with Gasteiger partial charge in [0.05, 0.1) is 0 Å². The summed E-state index contributed by atoms with van der Waals surface area (Å²) < 4.78 is 0. The van der Waals surface area contributed by atoms with E-state index >= 15 is 0 Å². The molecule has 7 heavy (non-hydrogen) atoms. The van der Waals surface area contributed by atoms with Crippen LogP contribution in [0.2, 0.25) is 0 Å². The molecule has 0 saturated carbocycles. The predicted octanol–water partition coefficient (Wildman–Crippen LogP) is -3.86. The molecule has 0 aromatic carbocycles. The summed E-state index contributed by atoms with van der Waals surface area (Å²) in [7, 11) is 0. The van der Waals surface area contributed by atoms with Gasteiger partial charge in [0.15, 0.2) is 0 Å². The maximum atomic E-state index is 0. The third kappa shape index (κ3) is 95.2. The summed E-state index contributed by atoms with van der Waals surface area (Å²) in [4.78, 5) is 0. The molecule has 0 spiro atoms. The van der Waals surface area contributed by atoms with Gasteiger partial charge in [0.1, 0.15) is 0 Å². The Morgan fingerprint density at radius 1 is 0.571 bits per heavy atom. The fourth-order valence-electron chi connectivity index (χ4n) is 0. The first kappa shape index (κ1) is 199. The van der Waals surface area contributed by atoms with Crippen molar-refractivity contribution in [2.24, 2.45) is 0 Å². The molecule has 0 radical (unpaired) electrons. The molecule has 0 aliphatic heterocycles. The fraction of sp³-hybridized carbons (Fsp3) is 0. The van der Waals surface area contributed by atoms with Crippen molar-refractivity contribution in [1.29, 1.82) is 0 Å². The van der Waals surface area contributed by atoms with Crippen molar-refractivity contribution in [2.45, 2.75) is 0 Å². The Balaban J connectivity index is 0. The van der Waals surface area contributed by atoms with Gasteiger partial charge in [0.25, 0.3) is 0 Å². The molecule has 0 aromatic rings. The van der Waals surface area contributed by atoms with Crippen molar-refractivity contribution in [2.75, 3.05) is 0 Å². The van der Waals surface area contributed by atoms with Gasteiger partial charge >= 0.3 is 45.5 Å². The van der Waals surface area contributed by atoms with E-state index in [1.807, 2.05) is 0 Å². The van der Waals surface area contributed by atoms with Crippen LogP contribution in [0, 0.1) is 0 Å². The molecule has 0 atom stereocenters. The molecule has 0 heterocycles. The first-order chi connectivity index (χ1) is 0. The maximum Gasteiger partial charge on any atom is 2.00 e. The molecule has 0 aliphatic rings. The van der Waals surface area contributed by atoms with E-state index in [0.29, 0.717) is 0 Å². The van der Waals surface area contributed by atoms with Crippen molar-refractivity contribution in [1.82, 2.24) is 0 Å². The first-order valence-corrected chi connectivity index (χ1v) is 0. The second-order valence-corrected chi connectivity index (χ2v) is 0. The normalized spacial score (nSPS) is 0. The Hall–Kier alpha value is 1.57. The average Bonchev–Trinajstić information content (AvgIpc) is 0. The number of hydrogen-bond donors (Lipinski definition) is 0. The minimum absolute atomic E-state index is 0. The molecular formula is H13ClO5Sr. The first-order valence-electron chi connectivity index (χ1n) is 0. The molecule has 0 aliphatic carbocycles. The van der Waals surface area contributed by atoms with Crippen LogP contribution in [0.15, 0.2) is 0 Å². The maximum absolute atomic E-state index is 0. The Kier molecular flexibility index (Phi) is 3770. The molecule has 0 aromatic heterocycles. The molecule has 0 fully saturated rings. The Morgan fingerprint density at radius 2 is 0.571 bits per heavy atom. The van der Waals surface area contributed by atoms with Crippen molar-refractivity contribution in [3.05, 3.63) is 0 Å². The third-order valence-corrected chi connectivity index (χ3v) is 0. The van der Waals surface area contributed by atoms with Crippen molar-refractivity contribution < 1.29 is 30.2 Å². The van der Waals surface area contributed by atoms with Crippen LogP contribution in [0.5, 0.6) is 0 Å². The molecule has 0 rings (SSSR count). The van der Waals surface area contributed by atoms with Crippen LogP contribution in [-0.4, -0.2) is 72.9 Å². The van der Waals surface area contributed by atoms with Gasteiger partial charge in [-0.3, -0.25) is 0 Å². The SMILES string of the molecule is Cl.O.O.O.O.O.[H-].[H-].[Sr+2]. The largest absolute Gasteiger partial charge is 2.00 e. The van der Waals surface area contributed by atoms with E-state index in [9.17, 15) is 0 Å². The molecule has 0 saturated heterocycles. The summed E-state index contributed by atoms with van der Waals surface area (Å²) in [6, 6.07) is 0. The molecule has 10 N–H and O–H groups in total. The van der Waals surface area contributed by atoms with Gasteiger partial charge in [0, 0.05) is 0 Å². The van der Waals surface area contributed by atoms with Crippen LogP contribution >= 0.6 is 12.4 Å². The van der Waals surface area contributed by atoms with E-state index < -0.39 is 0 Å². The van der Waals surface area contributed by atoms with Crippen LogP contribution in [0.3, 0.4) is 0 Å². The van der Waals surface area contributed by atoms with Crippen molar-refractivity contribution in [3.63, 3.8) is 0 Å². The molecule has 52 valence electrons. The third-order valence-electron chi connectivity index (χ3n) is 0. The quantitative estimate of drug-likeness (QED) is 0.363. The number of halogens is 1. The molecule has 0 unspecified atom stereocenters. The monoisotopic (exact) mass is 216 g/mol. The van der Waals surface area contributed by atoms with Gasteiger partial charge in [-0.05, 0) is 0 Å². The van der Waals surface area contributed by atoms with E-state index in [-0.39, 0.29) is 88.1 Å². The van der Waals surface area contributed by atoms with Gasteiger partial charge in [-0.1, -0.05) is 0 Å². The summed E-state index contributed by atoms with van der Waals surface area (Å²) in [5.41, 5.74) is 0. The second kappa shape index (κ2) is 133. The smallest absolute Gasteiger partial charge is 1.00 e. The van der Waals surface area contributed by atoms with Crippen molar-refractivity contribution in [3.8, 4) is 0 Å². The molecular weight excluding hydrogens is 203 g/mol. The number of hydrogen-bond acceptors (Lipinski definition) is 0. The van der Waals surface area contributed by atoms with Gasteiger partial charge in [-0.15, -0.1) is 12.4 Å². The van der Waals surface area contributed by atoms with Gasteiger partial charge < -0.3 is 30.2 Å². The summed E-state index contributed by atoms with van der Waals surface area (Å²) in [5.74, 6) is 0. The molecule has 0 bridgehead atoms. The number of rotatable bonds is 0. The molecule has 5 nitrogen and oxygen atoms in total.